The molecule has 0 radical (unpaired) electrons. The van der Waals surface area contributed by atoms with E-state index in [2.05, 4.69) is 9.97 Å². The Morgan fingerprint density at radius 1 is 1.07 bits per heavy atom. The largest absolute Gasteiger partial charge is 0.394 e. The minimum absolute atomic E-state index is 0.148. The zero-order valence-electron chi connectivity index (χ0n) is 14.6. The van der Waals surface area contributed by atoms with Crippen molar-refractivity contribution in [2.45, 2.75) is 37.4 Å². The summed E-state index contributed by atoms with van der Waals surface area (Å²) in [6.45, 7) is -0.353. The maximum atomic E-state index is 10.3. The Labute approximate surface area is 155 Å². The molecule has 0 aliphatic carbocycles. The molecule has 2 aromatic carbocycles. The highest BCUT2D eigenvalue weighted by molar-refractivity contribution is 5.82. The standard InChI is InChI=1S/C20H22N2O5/c23-9-14-8-17(25)19(26)20(27-14)13-3-1-2-11(6-13)12-4-5-15-16(7-12)22-18(10-24)21-15/h1-7,14,17,19-20,23-26H,8-10H2,(H,21,22)/t14?,17?,19?,20-/m1/s1. The van der Waals surface area contributed by atoms with Gasteiger partial charge in [0.05, 0.1) is 29.8 Å². The number of fused-ring (bicyclic) bond motifs is 1. The van der Waals surface area contributed by atoms with Gasteiger partial charge in [-0.3, -0.25) is 0 Å². The van der Waals surface area contributed by atoms with Gasteiger partial charge in [-0.2, -0.15) is 0 Å². The first-order chi connectivity index (χ1) is 13.1. The fourth-order valence-electron chi connectivity index (χ4n) is 3.56. The zero-order valence-corrected chi connectivity index (χ0v) is 14.6. The van der Waals surface area contributed by atoms with Crippen LogP contribution in [0.15, 0.2) is 42.5 Å². The van der Waals surface area contributed by atoms with Crippen LogP contribution in [-0.2, 0) is 11.3 Å². The number of imidazole rings is 1. The average molecular weight is 370 g/mol. The lowest BCUT2D eigenvalue weighted by molar-refractivity contribution is -0.179. The van der Waals surface area contributed by atoms with Crippen LogP contribution in [0.1, 0.15) is 23.9 Å². The molecule has 7 heteroatoms. The average Bonchev–Trinajstić information content (AvgIpc) is 3.12. The van der Waals surface area contributed by atoms with Gasteiger partial charge in [0.15, 0.2) is 0 Å². The number of aromatic nitrogens is 2. The topological polar surface area (TPSA) is 119 Å². The fourth-order valence-corrected chi connectivity index (χ4v) is 3.56. The maximum absolute atomic E-state index is 10.3. The van der Waals surface area contributed by atoms with Crippen molar-refractivity contribution in [1.29, 1.82) is 0 Å². The van der Waals surface area contributed by atoms with Gasteiger partial charge in [0.25, 0.3) is 0 Å². The van der Waals surface area contributed by atoms with Crippen LogP contribution in [0, 0.1) is 0 Å². The van der Waals surface area contributed by atoms with Crippen molar-refractivity contribution in [2.75, 3.05) is 6.61 Å². The number of ether oxygens (including phenoxy) is 1. The Morgan fingerprint density at radius 2 is 1.89 bits per heavy atom. The third kappa shape index (κ3) is 3.47. The van der Waals surface area contributed by atoms with Gasteiger partial charge >= 0.3 is 0 Å². The molecule has 142 valence electrons. The van der Waals surface area contributed by atoms with Crippen LogP contribution in [0.25, 0.3) is 22.2 Å². The second-order valence-electron chi connectivity index (χ2n) is 6.85. The molecule has 0 saturated carbocycles. The van der Waals surface area contributed by atoms with Crippen molar-refractivity contribution in [2.24, 2.45) is 0 Å². The quantitative estimate of drug-likeness (QED) is 0.472. The maximum Gasteiger partial charge on any atom is 0.133 e. The van der Waals surface area contributed by atoms with Gasteiger partial charge in [0, 0.05) is 6.42 Å². The van der Waals surface area contributed by atoms with E-state index in [1.807, 2.05) is 42.5 Å². The molecule has 3 unspecified atom stereocenters. The van der Waals surface area contributed by atoms with Crippen molar-refractivity contribution in [3.05, 3.63) is 53.9 Å². The third-order valence-electron chi connectivity index (χ3n) is 4.98. The van der Waals surface area contributed by atoms with Crippen LogP contribution < -0.4 is 0 Å². The summed E-state index contributed by atoms with van der Waals surface area (Å²) in [6.07, 6.45) is -3.00. The van der Waals surface area contributed by atoms with Crippen LogP contribution in [0.4, 0.5) is 0 Å². The number of nitrogens with zero attached hydrogens (tertiary/aromatic N) is 1. The number of nitrogens with one attached hydrogen (secondary N) is 1. The van der Waals surface area contributed by atoms with Crippen LogP contribution in [0.2, 0.25) is 0 Å². The summed E-state index contributed by atoms with van der Waals surface area (Å²) >= 11 is 0. The number of aliphatic hydroxyl groups excluding tert-OH is 4. The minimum Gasteiger partial charge on any atom is -0.394 e. The van der Waals surface area contributed by atoms with E-state index in [-0.39, 0.29) is 19.6 Å². The normalized spacial score (nSPS) is 25.8. The molecule has 4 rings (SSSR count). The molecule has 1 aliphatic heterocycles. The SMILES string of the molecule is OCc1nc2ccc(-c3cccc([C@H]4OC(CO)CC(O)C4O)c3)cc2[nH]1. The number of H-pyrrole nitrogens is 1. The molecule has 1 aliphatic rings. The Hall–Kier alpha value is -2.29. The molecule has 27 heavy (non-hydrogen) atoms. The second kappa shape index (κ2) is 7.38. The molecule has 0 amide bonds. The van der Waals surface area contributed by atoms with Gasteiger partial charge in [-0.05, 0) is 34.9 Å². The van der Waals surface area contributed by atoms with Crippen LogP contribution >= 0.6 is 0 Å². The summed E-state index contributed by atoms with van der Waals surface area (Å²) in [6, 6.07) is 13.3. The molecule has 1 aromatic heterocycles. The molecule has 3 aromatic rings. The smallest absolute Gasteiger partial charge is 0.133 e. The number of benzene rings is 2. The Balaban J connectivity index is 1.67. The molecule has 4 atom stereocenters. The second-order valence-corrected chi connectivity index (χ2v) is 6.85. The van der Waals surface area contributed by atoms with Crippen molar-refractivity contribution >= 4 is 11.0 Å². The van der Waals surface area contributed by atoms with E-state index in [0.717, 1.165) is 27.7 Å². The number of hydrogen-bond donors (Lipinski definition) is 5. The van der Waals surface area contributed by atoms with Gasteiger partial charge in [0.1, 0.15) is 24.6 Å². The highest BCUT2D eigenvalue weighted by atomic mass is 16.5. The van der Waals surface area contributed by atoms with E-state index in [0.29, 0.717) is 5.82 Å². The van der Waals surface area contributed by atoms with Crippen LogP contribution in [-0.4, -0.2) is 55.3 Å². The summed E-state index contributed by atoms with van der Waals surface area (Å²) in [5.41, 5.74) is 4.21. The first-order valence-corrected chi connectivity index (χ1v) is 8.91. The molecule has 1 saturated heterocycles. The molecule has 2 heterocycles. The Morgan fingerprint density at radius 3 is 2.67 bits per heavy atom. The molecule has 0 spiro atoms. The predicted octanol–water partition coefficient (Wildman–Crippen LogP) is 1.27. The van der Waals surface area contributed by atoms with Crippen molar-refractivity contribution in [3.8, 4) is 11.1 Å². The first kappa shape index (κ1) is 18.1. The predicted molar refractivity (Wildman–Crippen MR) is 98.8 cm³/mol. The zero-order chi connectivity index (χ0) is 19.0. The van der Waals surface area contributed by atoms with E-state index in [1.54, 1.807) is 0 Å². The van der Waals surface area contributed by atoms with Gasteiger partial charge in [-0.1, -0.05) is 24.3 Å². The lowest BCUT2D eigenvalue weighted by atomic mass is 9.91. The summed E-state index contributed by atoms with van der Waals surface area (Å²) in [5.74, 6) is 0.513. The number of aliphatic hydroxyl groups is 4. The Bertz CT molecular complexity index is 941. The lowest BCUT2D eigenvalue weighted by Gasteiger charge is -2.37. The molecule has 0 bridgehead atoms. The minimum atomic E-state index is -1.05. The monoisotopic (exact) mass is 370 g/mol. The van der Waals surface area contributed by atoms with E-state index in [9.17, 15) is 20.4 Å². The third-order valence-corrected chi connectivity index (χ3v) is 4.98. The molecule has 5 N–H and O–H groups in total. The van der Waals surface area contributed by atoms with Crippen molar-refractivity contribution in [1.82, 2.24) is 9.97 Å². The van der Waals surface area contributed by atoms with E-state index < -0.39 is 24.4 Å². The number of hydrogen-bond acceptors (Lipinski definition) is 6. The van der Waals surface area contributed by atoms with Crippen molar-refractivity contribution < 1.29 is 25.2 Å². The van der Waals surface area contributed by atoms with Gasteiger partial charge in [-0.15, -0.1) is 0 Å². The Kier molecular flexibility index (Phi) is 4.94. The molecular weight excluding hydrogens is 348 g/mol. The highest BCUT2D eigenvalue weighted by Gasteiger charge is 2.37. The van der Waals surface area contributed by atoms with E-state index >= 15 is 0 Å². The van der Waals surface area contributed by atoms with E-state index in [1.165, 1.54) is 0 Å². The van der Waals surface area contributed by atoms with Crippen LogP contribution in [0.3, 0.4) is 0 Å². The summed E-state index contributed by atoms with van der Waals surface area (Å²) in [7, 11) is 0. The lowest BCUT2D eigenvalue weighted by Crippen LogP contribution is -2.44. The number of rotatable bonds is 4. The first-order valence-electron chi connectivity index (χ1n) is 8.91. The van der Waals surface area contributed by atoms with Gasteiger partial charge in [0.2, 0.25) is 0 Å². The summed E-state index contributed by atoms with van der Waals surface area (Å²) in [5, 5.41) is 39.0. The van der Waals surface area contributed by atoms with Gasteiger partial charge < -0.3 is 30.1 Å². The highest BCUT2D eigenvalue weighted by Crippen LogP contribution is 2.34. The fraction of sp³-hybridized carbons (Fsp3) is 0.350. The molecule has 1 fully saturated rings. The summed E-state index contributed by atoms with van der Waals surface area (Å²) in [4.78, 5) is 7.36. The molecular formula is C20H22N2O5. The number of aromatic amines is 1. The summed E-state index contributed by atoms with van der Waals surface area (Å²) < 4.78 is 5.78. The van der Waals surface area contributed by atoms with E-state index in [4.69, 9.17) is 4.74 Å². The van der Waals surface area contributed by atoms with Gasteiger partial charge in [-0.25, -0.2) is 4.98 Å². The van der Waals surface area contributed by atoms with Crippen molar-refractivity contribution in [3.63, 3.8) is 0 Å². The molecule has 7 nitrogen and oxygen atoms in total. The van der Waals surface area contributed by atoms with Crippen LogP contribution in [0.5, 0.6) is 0 Å².